The normalized spacial score (nSPS) is 32.3. The average molecular weight is 633 g/mol. The Kier molecular flexibility index (Phi) is 14.1. The van der Waals surface area contributed by atoms with Gasteiger partial charge in [0.05, 0.1) is 6.61 Å². The lowest BCUT2D eigenvalue weighted by atomic mass is 9.63. The Hall–Kier alpha value is -1.61. The number of rotatable bonds is 15. The highest BCUT2D eigenvalue weighted by atomic mass is 16.5. The molecule has 46 heavy (non-hydrogen) atoms. The molecule has 3 nitrogen and oxygen atoms in total. The van der Waals surface area contributed by atoms with Crippen molar-refractivity contribution in [3.05, 3.63) is 47.5 Å². The molecule has 0 spiro atoms. The number of aliphatic hydroxyl groups is 1. The summed E-state index contributed by atoms with van der Waals surface area (Å²) in [6, 6.07) is 9.89. The maximum Gasteiger partial charge on any atom is 0.333 e. The standard InChI is InChI=1S/C43H68O3/c1-4-5-6-7-32-10-16-37(17-11-32)39-22-24-40(25-23-39)38-18-12-33(13-19-38)8-9-34-14-20-42-28-35(15-21-41(42)27-34)26-36(29-44)30-46-43(45)31(2)3/h12-13,18-19,32,34-37,39-42,44H,2,4-11,14-17,20-30H2,1,3H3. The van der Waals surface area contributed by atoms with Crippen molar-refractivity contribution in [2.45, 2.75) is 155 Å². The number of aryl methyl sites for hydroxylation is 1. The second-order valence-corrected chi connectivity index (χ2v) is 16.7. The Morgan fingerprint density at radius 1 is 0.783 bits per heavy atom. The molecule has 0 amide bonds. The molecule has 1 aromatic rings. The van der Waals surface area contributed by atoms with Crippen LogP contribution in [0.25, 0.3) is 0 Å². The van der Waals surface area contributed by atoms with Crippen molar-refractivity contribution in [1.82, 2.24) is 0 Å². The van der Waals surface area contributed by atoms with Crippen molar-refractivity contribution in [3.8, 4) is 0 Å². The van der Waals surface area contributed by atoms with Crippen molar-refractivity contribution < 1.29 is 14.6 Å². The zero-order chi connectivity index (χ0) is 32.3. The van der Waals surface area contributed by atoms with Crippen LogP contribution in [-0.4, -0.2) is 24.3 Å². The first-order valence-electron chi connectivity index (χ1n) is 19.9. The quantitative estimate of drug-likeness (QED) is 0.119. The highest BCUT2D eigenvalue weighted by Gasteiger charge is 2.36. The van der Waals surface area contributed by atoms with Gasteiger partial charge in [-0.3, -0.25) is 0 Å². The van der Waals surface area contributed by atoms with Crippen LogP contribution < -0.4 is 0 Å². The molecule has 4 fully saturated rings. The van der Waals surface area contributed by atoms with Crippen LogP contribution >= 0.6 is 0 Å². The first kappa shape index (κ1) is 35.7. The molecule has 5 rings (SSSR count). The minimum absolute atomic E-state index is 0.0531. The van der Waals surface area contributed by atoms with Gasteiger partial charge < -0.3 is 9.84 Å². The molecule has 0 radical (unpaired) electrons. The number of aliphatic hydroxyl groups excluding tert-OH is 1. The van der Waals surface area contributed by atoms with E-state index in [0.717, 1.165) is 47.8 Å². The molecule has 0 bridgehead atoms. The fourth-order valence-electron chi connectivity index (χ4n) is 10.4. The van der Waals surface area contributed by atoms with E-state index in [2.05, 4.69) is 37.8 Å². The Balaban J connectivity index is 0.972. The van der Waals surface area contributed by atoms with Gasteiger partial charge in [-0.15, -0.1) is 0 Å². The molecule has 5 atom stereocenters. The molecule has 4 aliphatic carbocycles. The fraction of sp³-hybridized carbons (Fsp3) is 0.791. The van der Waals surface area contributed by atoms with Gasteiger partial charge in [-0.2, -0.15) is 0 Å². The minimum atomic E-state index is -0.339. The van der Waals surface area contributed by atoms with Gasteiger partial charge in [-0.05, 0) is 149 Å². The minimum Gasteiger partial charge on any atom is -0.462 e. The van der Waals surface area contributed by atoms with Crippen LogP contribution in [0.2, 0.25) is 0 Å². The van der Waals surface area contributed by atoms with Gasteiger partial charge in [-0.25, -0.2) is 4.79 Å². The van der Waals surface area contributed by atoms with E-state index in [1.165, 1.54) is 128 Å². The molecule has 5 unspecified atom stereocenters. The van der Waals surface area contributed by atoms with E-state index in [4.69, 9.17) is 4.74 Å². The van der Waals surface area contributed by atoms with Gasteiger partial charge in [0.25, 0.3) is 0 Å². The van der Waals surface area contributed by atoms with Crippen molar-refractivity contribution in [2.75, 3.05) is 13.2 Å². The zero-order valence-electron chi connectivity index (χ0n) is 29.7. The monoisotopic (exact) mass is 633 g/mol. The van der Waals surface area contributed by atoms with Gasteiger partial charge in [-0.1, -0.05) is 89.1 Å². The average Bonchev–Trinajstić information content (AvgIpc) is 3.09. The van der Waals surface area contributed by atoms with Crippen LogP contribution in [0, 0.1) is 47.3 Å². The summed E-state index contributed by atoms with van der Waals surface area (Å²) in [5.41, 5.74) is 3.58. The van der Waals surface area contributed by atoms with E-state index in [0.29, 0.717) is 18.1 Å². The number of carbonyl (C=O) groups excluding carboxylic acids is 1. The number of ether oxygens (including phenoxy) is 1. The Bertz CT molecular complexity index is 1040. The molecular weight excluding hydrogens is 564 g/mol. The summed E-state index contributed by atoms with van der Waals surface area (Å²) in [5, 5.41) is 9.88. The van der Waals surface area contributed by atoms with Crippen LogP contribution in [0.15, 0.2) is 36.4 Å². The fourth-order valence-corrected chi connectivity index (χ4v) is 10.4. The summed E-state index contributed by atoms with van der Waals surface area (Å²) in [6.45, 7) is 8.08. The summed E-state index contributed by atoms with van der Waals surface area (Å²) in [5.74, 6) is 6.87. The largest absolute Gasteiger partial charge is 0.462 e. The molecular formula is C43H68O3. The molecule has 258 valence electrons. The SMILES string of the molecule is C=C(C)C(=O)OCC(CO)CC1CCC2CC(CCc3ccc(C4CCC(C5CCC(CCCCC)CC5)CC4)cc3)CCC2C1. The van der Waals surface area contributed by atoms with Gasteiger partial charge >= 0.3 is 5.97 Å². The van der Waals surface area contributed by atoms with E-state index >= 15 is 0 Å². The third kappa shape index (κ3) is 10.4. The van der Waals surface area contributed by atoms with E-state index in [1.807, 2.05) is 0 Å². The molecule has 3 heteroatoms. The van der Waals surface area contributed by atoms with Crippen LogP contribution in [-0.2, 0) is 16.0 Å². The van der Waals surface area contributed by atoms with Gasteiger partial charge in [0.2, 0.25) is 0 Å². The molecule has 0 aromatic heterocycles. The molecule has 1 aromatic carbocycles. The summed E-state index contributed by atoms with van der Waals surface area (Å²) in [4.78, 5) is 11.8. The topological polar surface area (TPSA) is 46.5 Å². The predicted octanol–water partition coefficient (Wildman–Crippen LogP) is 11.2. The molecule has 4 aliphatic rings. The second-order valence-electron chi connectivity index (χ2n) is 16.7. The smallest absolute Gasteiger partial charge is 0.333 e. The van der Waals surface area contributed by atoms with Crippen LogP contribution in [0.5, 0.6) is 0 Å². The van der Waals surface area contributed by atoms with E-state index in [-0.39, 0.29) is 18.5 Å². The van der Waals surface area contributed by atoms with E-state index in [1.54, 1.807) is 18.1 Å². The van der Waals surface area contributed by atoms with Crippen molar-refractivity contribution in [2.24, 2.45) is 47.3 Å². The number of hydrogen-bond acceptors (Lipinski definition) is 3. The maximum atomic E-state index is 11.8. The summed E-state index contributed by atoms with van der Waals surface area (Å²) in [6.07, 6.45) is 29.2. The van der Waals surface area contributed by atoms with E-state index in [9.17, 15) is 9.90 Å². The van der Waals surface area contributed by atoms with Crippen molar-refractivity contribution in [1.29, 1.82) is 0 Å². The number of fused-ring (bicyclic) bond motifs is 1. The van der Waals surface area contributed by atoms with Gasteiger partial charge in [0.1, 0.15) is 0 Å². The number of unbranched alkanes of at least 4 members (excludes halogenated alkanes) is 2. The number of esters is 1. The van der Waals surface area contributed by atoms with Gasteiger partial charge in [0, 0.05) is 18.1 Å². The van der Waals surface area contributed by atoms with Crippen LogP contribution in [0.3, 0.4) is 0 Å². The molecule has 0 heterocycles. The first-order valence-corrected chi connectivity index (χ1v) is 19.9. The Morgan fingerprint density at radius 3 is 2.00 bits per heavy atom. The lowest BCUT2D eigenvalue weighted by molar-refractivity contribution is -0.141. The van der Waals surface area contributed by atoms with Crippen molar-refractivity contribution in [3.63, 3.8) is 0 Å². The van der Waals surface area contributed by atoms with Gasteiger partial charge in [0.15, 0.2) is 0 Å². The summed E-state index contributed by atoms with van der Waals surface area (Å²) >= 11 is 0. The number of benzene rings is 1. The van der Waals surface area contributed by atoms with Crippen LogP contribution in [0.4, 0.5) is 0 Å². The molecule has 0 saturated heterocycles. The Morgan fingerprint density at radius 2 is 1.37 bits per heavy atom. The highest BCUT2D eigenvalue weighted by molar-refractivity contribution is 5.86. The van der Waals surface area contributed by atoms with Crippen LogP contribution in [0.1, 0.15) is 159 Å². The number of hydrogen-bond donors (Lipinski definition) is 1. The molecule has 0 aliphatic heterocycles. The summed E-state index contributed by atoms with van der Waals surface area (Å²) in [7, 11) is 0. The Labute approximate surface area is 282 Å². The second kappa shape index (κ2) is 18.2. The third-order valence-corrected chi connectivity index (χ3v) is 13.4. The lowest BCUT2D eigenvalue weighted by Gasteiger charge is -2.43. The maximum absolute atomic E-state index is 11.8. The number of carbonyl (C=O) groups is 1. The first-order chi connectivity index (χ1) is 22.4. The highest BCUT2D eigenvalue weighted by Crippen LogP contribution is 2.47. The molecule has 1 N–H and O–H groups in total. The van der Waals surface area contributed by atoms with E-state index < -0.39 is 0 Å². The summed E-state index contributed by atoms with van der Waals surface area (Å²) < 4.78 is 5.36. The zero-order valence-corrected chi connectivity index (χ0v) is 29.7. The predicted molar refractivity (Wildman–Crippen MR) is 192 cm³/mol. The third-order valence-electron chi connectivity index (χ3n) is 13.4. The van der Waals surface area contributed by atoms with Crippen molar-refractivity contribution >= 4 is 5.97 Å². The molecule has 4 saturated carbocycles. The lowest BCUT2D eigenvalue weighted by Crippen LogP contribution is -2.32.